The third kappa shape index (κ3) is 3.31. The Kier molecular flexibility index (Phi) is 4.65. The Labute approximate surface area is 116 Å². The van der Waals surface area contributed by atoms with Crippen molar-refractivity contribution in [3.8, 4) is 0 Å². The highest BCUT2D eigenvalue weighted by atomic mass is 16.5. The summed E-state index contributed by atoms with van der Waals surface area (Å²) in [6, 6.07) is 2.79. The number of hydrogen-bond donors (Lipinski definition) is 1. The van der Waals surface area contributed by atoms with Crippen molar-refractivity contribution < 1.29 is 24.2 Å². The molecule has 0 radical (unpaired) electrons. The van der Waals surface area contributed by atoms with Crippen molar-refractivity contribution in [2.75, 3.05) is 33.4 Å². The molecule has 1 unspecified atom stereocenters. The van der Waals surface area contributed by atoms with Gasteiger partial charge in [-0.05, 0) is 12.1 Å². The molecule has 1 aliphatic heterocycles. The third-order valence-electron chi connectivity index (χ3n) is 3.00. The van der Waals surface area contributed by atoms with Crippen LogP contribution >= 0.6 is 0 Å². The highest BCUT2D eigenvalue weighted by Gasteiger charge is 2.25. The lowest BCUT2D eigenvalue weighted by molar-refractivity contribution is -0.0531. The van der Waals surface area contributed by atoms with Gasteiger partial charge in [-0.25, -0.2) is 9.78 Å². The summed E-state index contributed by atoms with van der Waals surface area (Å²) in [6.45, 7) is 1.76. The van der Waals surface area contributed by atoms with E-state index >= 15 is 0 Å². The van der Waals surface area contributed by atoms with Crippen molar-refractivity contribution in [3.05, 3.63) is 29.6 Å². The first-order valence-corrected chi connectivity index (χ1v) is 6.21. The number of amides is 1. The van der Waals surface area contributed by atoms with Crippen molar-refractivity contribution in [2.45, 2.75) is 6.10 Å². The second-order valence-electron chi connectivity index (χ2n) is 4.43. The standard InChI is InChI=1S/C13H16N2O5/c1-19-8-10-7-15(4-5-20-10)12(16)9-2-3-14-11(6-9)13(17)18/h2-3,6,10H,4-5,7-8H2,1H3,(H,17,18). The van der Waals surface area contributed by atoms with Crippen LogP contribution in [0.3, 0.4) is 0 Å². The average molecular weight is 280 g/mol. The van der Waals surface area contributed by atoms with Gasteiger partial charge in [0, 0.05) is 32.0 Å². The number of aromatic nitrogens is 1. The number of carboxylic acid groups (broad SMARTS) is 1. The second-order valence-corrected chi connectivity index (χ2v) is 4.43. The fraction of sp³-hybridized carbons (Fsp3) is 0.462. The molecule has 1 fully saturated rings. The number of carboxylic acids is 1. The quantitative estimate of drug-likeness (QED) is 0.851. The lowest BCUT2D eigenvalue weighted by Gasteiger charge is -2.32. The minimum Gasteiger partial charge on any atom is -0.477 e. The molecule has 2 heterocycles. The zero-order valence-electron chi connectivity index (χ0n) is 11.1. The summed E-state index contributed by atoms with van der Waals surface area (Å²) >= 11 is 0. The van der Waals surface area contributed by atoms with Crippen LogP contribution < -0.4 is 0 Å². The van der Waals surface area contributed by atoms with Gasteiger partial charge in [-0.2, -0.15) is 0 Å². The van der Waals surface area contributed by atoms with E-state index in [-0.39, 0.29) is 17.7 Å². The van der Waals surface area contributed by atoms with Crippen molar-refractivity contribution in [1.29, 1.82) is 0 Å². The van der Waals surface area contributed by atoms with E-state index in [1.807, 2.05) is 0 Å². The van der Waals surface area contributed by atoms with Crippen LogP contribution in [-0.4, -0.2) is 66.4 Å². The Morgan fingerprint density at radius 2 is 2.40 bits per heavy atom. The van der Waals surface area contributed by atoms with E-state index in [0.717, 1.165) is 0 Å². The van der Waals surface area contributed by atoms with Crippen LogP contribution in [0.25, 0.3) is 0 Å². The van der Waals surface area contributed by atoms with Gasteiger partial charge in [0.05, 0.1) is 19.3 Å². The van der Waals surface area contributed by atoms with Gasteiger partial charge in [0.2, 0.25) is 0 Å². The highest BCUT2D eigenvalue weighted by molar-refractivity contribution is 5.96. The van der Waals surface area contributed by atoms with Crippen LogP contribution in [0.1, 0.15) is 20.8 Å². The van der Waals surface area contributed by atoms with Crippen molar-refractivity contribution in [1.82, 2.24) is 9.88 Å². The minimum atomic E-state index is -1.15. The predicted octanol–water partition coefficient (Wildman–Crippen LogP) is 0.267. The van der Waals surface area contributed by atoms with Crippen LogP contribution in [0.2, 0.25) is 0 Å². The van der Waals surface area contributed by atoms with E-state index in [9.17, 15) is 9.59 Å². The Bertz CT molecular complexity index is 503. The van der Waals surface area contributed by atoms with Gasteiger partial charge in [0.1, 0.15) is 5.69 Å². The SMILES string of the molecule is COCC1CN(C(=O)c2ccnc(C(=O)O)c2)CCO1. The largest absolute Gasteiger partial charge is 0.477 e. The summed E-state index contributed by atoms with van der Waals surface area (Å²) in [6.07, 6.45) is 1.17. The van der Waals surface area contributed by atoms with Crippen molar-refractivity contribution in [2.24, 2.45) is 0 Å². The molecule has 2 rings (SSSR count). The summed E-state index contributed by atoms with van der Waals surface area (Å²) in [5.74, 6) is -1.38. The van der Waals surface area contributed by atoms with E-state index < -0.39 is 5.97 Å². The Morgan fingerprint density at radius 3 is 3.10 bits per heavy atom. The number of aromatic carboxylic acids is 1. The van der Waals surface area contributed by atoms with Gasteiger partial charge < -0.3 is 19.5 Å². The Morgan fingerprint density at radius 1 is 1.60 bits per heavy atom. The molecule has 0 spiro atoms. The molecule has 1 aliphatic rings. The minimum absolute atomic E-state index is 0.141. The van der Waals surface area contributed by atoms with Crippen LogP contribution in [0.15, 0.2) is 18.3 Å². The Hall–Kier alpha value is -1.99. The zero-order valence-corrected chi connectivity index (χ0v) is 11.1. The molecule has 1 aromatic rings. The molecule has 0 bridgehead atoms. The third-order valence-corrected chi connectivity index (χ3v) is 3.00. The van der Waals surface area contributed by atoms with Crippen LogP contribution in [-0.2, 0) is 9.47 Å². The molecular formula is C13H16N2O5. The smallest absolute Gasteiger partial charge is 0.354 e. The molecule has 7 heteroatoms. The summed E-state index contributed by atoms with van der Waals surface area (Å²) in [7, 11) is 1.58. The fourth-order valence-corrected chi connectivity index (χ4v) is 2.05. The van der Waals surface area contributed by atoms with Gasteiger partial charge in [-0.1, -0.05) is 0 Å². The summed E-state index contributed by atoms with van der Waals surface area (Å²) < 4.78 is 10.5. The average Bonchev–Trinajstić information content (AvgIpc) is 2.47. The number of carbonyl (C=O) groups excluding carboxylic acids is 1. The molecule has 1 amide bonds. The predicted molar refractivity (Wildman–Crippen MR) is 68.7 cm³/mol. The van der Waals surface area contributed by atoms with Crippen LogP contribution in [0, 0.1) is 0 Å². The normalized spacial score (nSPS) is 18.9. The molecule has 108 valence electrons. The van der Waals surface area contributed by atoms with Gasteiger partial charge in [-0.15, -0.1) is 0 Å². The molecule has 1 aromatic heterocycles. The maximum Gasteiger partial charge on any atom is 0.354 e. The van der Waals surface area contributed by atoms with Gasteiger partial charge in [0.15, 0.2) is 0 Å². The summed E-state index contributed by atoms with van der Waals surface area (Å²) in [5, 5.41) is 8.89. The summed E-state index contributed by atoms with van der Waals surface area (Å²) in [4.78, 5) is 28.5. The number of morpholine rings is 1. The molecule has 20 heavy (non-hydrogen) atoms. The maximum atomic E-state index is 12.3. The molecule has 1 saturated heterocycles. The van der Waals surface area contributed by atoms with Gasteiger partial charge in [0.25, 0.3) is 5.91 Å². The molecule has 0 aromatic carbocycles. The lowest BCUT2D eigenvalue weighted by atomic mass is 10.1. The number of hydrogen-bond acceptors (Lipinski definition) is 5. The van der Waals surface area contributed by atoms with E-state index in [2.05, 4.69) is 4.98 Å². The monoisotopic (exact) mass is 280 g/mol. The number of methoxy groups -OCH3 is 1. The number of carbonyl (C=O) groups is 2. The zero-order chi connectivity index (χ0) is 14.5. The highest BCUT2D eigenvalue weighted by Crippen LogP contribution is 2.11. The van der Waals surface area contributed by atoms with Gasteiger partial charge in [-0.3, -0.25) is 4.79 Å². The maximum absolute atomic E-state index is 12.3. The van der Waals surface area contributed by atoms with E-state index in [1.165, 1.54) is 18.3 Å². The van der Waals surface area contributed by atoms with E-state index in [4.69, 9.17) is 14.6 Å². The summed E-state index contributed by atoms with van der Waals surface area (Å²) in [5.41, 5.74) is 0.174. The fourth-order valence-electron chi connectivity index (χ4n) is 2.05. The van der Waals surface area contributed by atoms with Crippen molar-refractivity contribution in [3.63, 3.8) is 0 Å². The number of ether oxygens (including phenoxy) is 2. The van der Waals surface area contributed by atoms with Crippen LogP contribution in [0.4, 0.5) is 0 Å². The molecule has 1 N–H and O–H groups in total. The molecule has 7 nitrogen and oxygen atoms in total. The molecular weight excluding hydrogens is 264 g/mol. The topological polar surface area (TPSA) is 89.0 Å². The first-order valence-electron chi connectivity index (χ1n) is 6.21. The molecule has 0 aliphatic carbocycles. The molecule has 0 saturated carbocycles. The first-order chi connectivity index (χ1) is 9.61. The lowest BCUT2D eigenvalue weighted by Crippen LogP contribution is -2.47. The van der Waals surface area contributed by atoms with Crippen LogP contribution in [0.5, 0.6) is 0 Å². The number of nitrogens with zero attached hydrogens (tertiary/aromatic N) is 2. The van der Waals surface area contributed by atoms with E-state index in [1.54, 1.807) is 12.0 Å². The first kappa shape index (κ1) is 14.4. The van der Waals surface area contributed by atoms with Crippen molar-refractivity contribution >= 4 is 11.9 Å². The number of pyridine rings is 1. The molecule has 1 atom stereocenters. The Balaban J connectivity index is 2.10. The van der Waals surface area contributed by atoms with Gasteiger partial charge >= 0.3 is 5.97 Å². The second kappa shape index (κ2) is 6.44. The van der Waals surface area contributed by atoms with E-state index in [0.29, 0.717) is 31.9 Å². The number of rotatable bonds is 4.